The van der Waals surface area contributed by atoms with Crippen LogP contribution in [0.3, 0.4) is 0 Å². The van der Waals surface area contributed by atoms with Gasteiger partial charge in [-0.1, -0.05) is 38.1 Å². The minimum Gasteiger partial charge on any atom is -0.465 e. The molecule has 0 bridgehead atoms. The minimum atomic E-state index is -0.503. The number of rotatable bonds is 16. The van der Waals surface area contributed by atoms with Gasteiger partial charge in [-0.2, -0.15) is 11.8 Å². The van der Waals surface area contributed by atoms with Crippen molar-refractivity contribution in [2.75, 3.05) is 50.8 Å². The second-order valence-electron chi connectivity index (χ2n) is 9.39. The number of carbonyl (C=O) groups excluding carboxylic acids is 2. The van der Waals surface area contributed by atoms with E-state index in [9.17, 15) is 9.59 Å². The van der Waals surface area contributed by atoms with Crippen molar-refractivity contribution >= 4 is 46.7 Å². The van der Waals surface area contributed by atoms with Gasteiger partial charge >= 0.3 is 5.97 Å². The topological polar surface area (TPSA) is 125 Å². The van der Waals surface area contributed by atoms with Gasteiger partial charge in [0.15, 0.2) is 12.9 Å². The Bertz CT molecular complexity index is 1210. The van der Waals surface area contributed by atoms with E-state index in [1.54, 1.807) is 21.1 Å². The van der Waals surface area contributed by atoms with E-state index in [4.69, 9.17) is 15.2 Å². The molecule has 4 N–H and O–H groups in total. The highest BCUT2D eigenvalue weighted by Crippen LogP contribution is 2.33. The van der Waals surface area contributed by atoms with Crippen molar-refractivity contribution < 1.29 is 23.8 Å². The van der Waals surface area contributed by atoms with Crippen molar-refractivity contribution in [2.24, 2.45) is 0 Å². The Morgan fingerprint density at radius 3 is 2.61 bits per heavy atom. The van der Waals surface area contributed by atoms with Crippen LogP contribution >= 0.6 is 23.1 Å². The maximum absolute atomic E-state index is 11.6. The highest BCUT2D eigenvalue weighted by molar-refractivity contribution is 7.98. The molecule has 224 valence electrons. The van der Waals surface area contributed by atoms with Gasteiger partial charge in [0.1, 0.15) is 9.88 Å². The van der Waals surface area contributed by atoms with E-state index in [1.165, 1.54) is 16.9 Å². The molecule has 0 fully saturated rings. The molecule has 0 radical (unpaired) electrons. The lowest BCUT2D eigenvalue weighted by molar-refractivity contribution is -0.145. The molecule has 3 rings (SSSR count). The maximum Gasteiger partial charge on any atom is 0.344 e. The molecule has 1 heterocycles. The Morgan fingerprint density at radius 1 is 1.17 bits per heavy atom. The number of aromatic nitrogens is 1. The molecule has 1 unspecified atom stereocenters. The summed E-state index contributed by atoms with van der Waals surface area (Å²) in [5.41, 5.74) is 9.76. The number of thiazole rings is 1. The Kier molecular flexibility index (Phi) is 15.9. The first-order valence-electron chi connectivity index (χ1n) is 13.5. The molecule has 3 aromatic rings. The van der Waals surface area contributed by atoms with Crippen LogP contribution in [0.1, 0.15) is 42.4 Å². The summed E-state index contributed by atoms with van der Waals surface area (Å²) in [5.74, 6) is 1.46. The smallest absolute Gasteiger partial charge is 0.344 e. The van der Waals surface area contributed by atoms with Crippen LogP contribution in [-0.2, 0) is 20.0 Å². The number of ether oxygens (including phenoxy) is 3. The second kappa shape index (κ2) is 19.1. The standard InChI is InChI=1S/C28H36N4O4S2.C2H6O/c1-4-35-26(34)16-36-27-25(15-33)38-28(32-27)21-8-6-10-23(14-21)31-24(11-12-30-19(2)3)18-37-17-20-7-5-9-22(29)13-20;1-3-2/h5-10,13-15,19,24,30-31H,4,11-12,16-18,29H2,1-3H3;1-2H3. The van der Waals surface area contributed by atoms with Crippen molar-refractivity contribution in [3.8, 4) is 16.5 Å². The van der Waals surface area contributed by atoms with E-state index in [0.29, 0.717) is 22.2 Å². The number of nitrogens with two attached hydrogens (primary N) is 1. The zero-order valence-electron chi connectivity index (χ0n) is 24.5. The molecule has 1 atom stereocenters. The summed E-state index contributed by atoms with van der Waals surface area (Å²) in [6.45, 7) is 6.89. The lowest BCUT2D eigenvalue weighted by Crippen LogP contribution is -2.31. The SMILES string of the molecule is CCOC(=O)COc1nc(-c2cccc(NC(CCNC(C)C)CSCc3cccc(N)c3)c2)sc1C=O.COC. The molecule has 0 amide bonds. The van der Waals surface area contributed by atoms with Crippen LogP contribution in [0.25, 0.3) is 10.6 Å². The van der Waals surface area contributed by atoms with Gasteiger partial charge in [0, 0.05) is 54.7 Å². The largest absolute Gasteiger partial charge is 0.465 e. The highest BCUT2D eigenvalue weighted by Gasteiger charge is 2.16. The third-order valence-electron chi connectivity index (χ3n) is 5.42. The third kappa shape index (κ3) is 12.9. The van der Waals surface area contributed by atoms with Gasteiger partial charge in [-0.05, 0) is 49.7 Å². The fourth-order valence-corrected chi connectivity index (χ4v) is 5.56. The number of nitrogens with one attached hydrogen (secondary N) is 2. The molecule has 0 saturated heterocycles. The summed E-state index contributed by atoms with van der Waals surface area (Å²) < 4.78 is 14.6. The molecular weight excluding hydrogens is 560 g/mol. The number of esters is 1. The van der Waals surface area contributed by atoms with Crippen molar-refractivity contribution in [1.29, 1.82) is 0 Å². The maximum atomic E-state index is 11.6. The second-order valence-corrected chi connectivity index (χ2v) is 11.4. The van der Waals surface area contributed by atoms with Gasteiger partial charge in [0.25, 0.3) is 0 Å². The molecule has 0 aliphatic heterocycles. The van der Waals surface area contributed by atoms with Crippen LogP contribution < -0.4 is 21.1 Å². The average molecular weight is 603 g/mol. The lowest BCUT2D eigenvalue weighted by Gasteiger charge is -2.21. The van der Waals surface area contributed by atoms with E-state index in [0.717, 1.165) is 41.4 Å². The van der Waals surface area contributed by atoms with Gasteiger partial charge in [-0.25, -0.2) is 9.78 Å². The van der Waals surface area contributed by atoms with Gasteiger partial charge in [-0.3, -0.25) is 4.79 Å². The first-order chi connectivity index (χ1) is 19.8. The minimum absolute atomic E-state index is 0.141. The van der Waals surface area contributed by atoms with Crippen LogP contribution in [0.2, 0.25) is 0 Å². The number of anilines is 2. The van der Waals surface area contributed by atoms with Crippen molar-refractivity contribution in [1.82, 2.24) is 10.3 Å². The van der Waals surface area contributed by atoms with E-state index in [-0.39, 0.29) is 25.1 Å². The zero-order chi connectivity index (χ0) is 30.0. The van der Waals surface area contributed by atoms with Crippen LogP contribution in [0, 0.1) is 0 Å². The molecule has 41 heavy (non-hydrogen) atoms. The van der Waals surface area contributed by atoms with Crippen molar-refractivity contribution in [2.45, 2.75) is 45.0 Å². The molecule has 0 saturated carbocycles. The van der Waals surface area contributed by atoms with E-state index >= 15 is 0 Å². The van der Waals surface area contributed by atoms with Crippen LogP contribution in [-0.4, -0.2) is 69.1 Å². The average Bonchev–Trinajstić information content (AvgIpc) is 3.36. The zero-order valence-corrected chi connectivity index (χ0v) is 26.1. The van der Waals surface area contributed by atoms with Gasteiger partial charge in [0.05, 0.1) is 6.61 Å². The molecule has 0 aliphatic carbocycles. The van der Waals surface area contributed by atoms with E-state index in [1.807, 2.05) is 54.2 Å². The Morgan fingerprint density at radius 2 is 1.93 bits per heavy atom. The Balaban J connectivity index is 0.00000187. The highest BCUT2D eigenvalue weighted by atomic mass is 32.2. The summed E-state index contributed by atoms with van der Waals surface area (Å²) in [6, 6.07) is 16.6. The summed E-state index contributed by atoms with van der Waals surface area (Å²) >= 11 is 3.10. The molecule has 11 heteroatoms. The number of hydrogen-bond acceptors (Lipinski definition) is 11. The molecule has 1 aromatic heterocycles. The van der Waals surface area contributed by atoms with Gasteiger partial charge < -0.3 is 30.6 Å². The van der Waals surface area contributed by atoms with E-state index < -0.39 is 5.97 Å². The fourth-order valence-electron chi connectivity index (χ4n) is 3.67. The summed E-state index contributed by atoms with van der Waals surface area (Å²) in [7, 11) is 3.25. The monoisotopic (exact) mass is 602 g/mol. The molecule has 0 spiro atoms. The Labute approximate surface area is 251 Å². The van der Waals surface area contributed by atoms with Crippen molar-refractivity contribution in [3.05, 3.63) is 59.0 Å². The number of hydrogen-bond donors (Lipinski definition) is 3. The number of benzene rings is 2. The number of thioether (sulfide) groups is 1. The predicted octanol–water partition coefficient (Wildman–Crippen LogP) is 5.51. The molecular formula is C30H42N4O5S2. The lowest BCUT2D eigenvalue weighted by atomic mass is 10.1. The van der Waals surface area contributed by atoms with Crippen LogP contribution in [0.15, 0.2) is 48.5 Å². The number of methoxy groups -OCH3 is 1. The first-order valence-corrected chi connectivity index (χ1v) is 15.4. The number of nitrogen functional groups attached to an aromatic ring is 1. The number of aldehydes is 1. The fraction of sp³-hybridized carbons (Fsp3) is 0.433. The van der Waals surface area contributed by atoms with Crippen LogP contribution in [0.4, 0.5) is 11.4 Å². The van der Waals surface area contributed by atoms with Crippen LogP contribution in [0.5, 0.6) is 5.88 Å². The molecule has 2 aromatic carbocycles. The Hall–Kier alpha value is -3.12. The predicted molar refractivity (Wildman–Crippen MR) is 170 cm³/mol. The normalized spacial score (nSPS) is 11.4. The molecule has 0 aliphatic rings. The van der Waals surface area contributed by atoms with Crippen molar-refractivity contribution in [3.63, 3.8) is 0 Å². The summed E-state index contributed by atoms with van der Waals surface area (Å²) in [4.78, 5) is 28.0. The van der Waals surface area contributed by atoms with Gasteiger partial charge in [0.2, 0.25) is 5.88 Å². The first kappa shape index (κ1) is 34.1. The number of carbonyl (C=O) groups is 2. The summed E-state index contributed by atoms with van der Waals surface area (Å²) in [5, 5.41) is 7.83. The quantitative estimate of drug-likeness (QED) is 0.110. The summed E-state index contributed by atoms with van der Waals surface area (Å²) in [6.07, 6.45) is 1.66. The van der Waals surface area contributed by atoms with Gasteiger partial charge in [-0.15, -0.1) is 11.3 Å². The van der Waals surface area contributed by atoms with E-state index in [2.05, 4.69) is 40.3 Å². The third-order valence-corrected chi connectivity index (χ3v) is 7.61. The number of nitrogens with zero attached hydrogens (tertiary/aromatic N) is 1. The molecule has 9 nitrogen and oxygen atoms in total.